The molecule has 1 aliphatic rings. The summed E-state index contributed by atoms with van der Waals surface area (Å²) in [4.78, 5) is 27.1. The minimum atomic E-state index is -0.553. The lowest BCUT2D eigenvalue weighted by atomic mass is 10.2. The van der Waals surface area contributed by atoms with Crippen LogP contribution in [-0.2, 0) is 4.79 Å². The number of aromatic hydroxyl groups is 1. The number of nitrogens with one attached hydrogen (secondary N) is 1. The number of non-ortho nitro benzene ring substituents is 1. The number of thioether (sulfide) groups is 1. The molecule has 0 atom stereocenters. The Hall–Kier alpha value is -2.31. The zero-order valence-corrected chi connectivity index (χ0v) is 17.8. The first-order chi connectivity index (χ1) is 13.3. The number of halogens is 2. The second kappa shape index (κ2) is 8.37. The molecule has 2 aromatic carbocycles. The van der Waals surface area contributed by atoms with Crippen LogP contribution in [0, 0.1) is 13.7 Å². The van der Waals surface area contributed by atoms with E-state index in [-0.39, 0.29) is 22.4 Å². The highest BCUT2D eigenvalue weighted by Crippen LogP contribution is 2.36. The van der Waals surface area contributed by atoms with Crippen molar-refractivity contribution >= 4 is 74.5 Å². The minimum Gasteiger partial charge on any atom is -0.504 e. The van der Waals surface area contributed by atoms with E-state index in [0.29, 0.717) is 30.6 Å². The van der Waals surface area contributed by atoms with Crippen LogP contribution in [0.2, 0.25) is 5.02 Å². The molecule has 0 aromatic heterocycles. The smallest absolute Gasteiger partial charge is 0.271 e. The molecule has 8 nitrogen and oxygen atoms in total. The van der Waals surface area contributed by atoms with E-state index in [1.807, 2.05) is 22.6 Å². The van der Waals surface area contributed by atoms with Crippen LogP contribution in [0.25, 0.3) is 6.08 Å². The first-order valence-electron chi connectivity index (χ1n) is 7.58. The second-order valence-corrected chi connectivity index (χ2v) is 8.03. The molecule has 0 unspecified atom stereocenters. The summed E-state index contributed by atoms with van der Waals surface area (Å²) in [5.41, 5.74) is 0.831. The topological polar surface area (TPSA) is 114 Å². The van der Waals surface area contributed by atoms with Crippen molar-refractivity contribution in [2.75, 3.05) is 7.11 Å². The van der Waals surface area contributed by atoms with E-state index in [1.165, 1.54) is 25.3 Å². The standard InChI is InChI=1S/C17H11ClIN3O5S/c1-27-13-5-8(4-11(19)15(13)23)6-14-16(24)21-17(28-14)20-12-3-2-9(22(25)26)7-10(12)18/h2-7,23H,1H3,(H,20,21,24)/b14-6+. The highest BCUT2D eigenvalue weighted by atomic mass is 127. The van der Waals surface area contributed by atoms with Crippen LogP contribution in [0.3, 0.4) is 0 Å². The van der Waals surface area contributed by atoms with E-state index in [1.54, 1.807) is 18.2 Å². The highest BCUT2D eigenvalue weighted by Gasteiger charge is 2.24. The number of rotatable bonds is 4. The van der Waals surface area contributed by atoms with E-state index in [4.69, 9.17) is 16.3 Å². The van der Waals surface area contributed by atoms with Crippen molar-refractivity contribution in [2.45, 2.75) is 0 Å². The van der Waals surface area contributed by atoms with E-state index >= 15 is 0 Å². The van der Waals surface area contributed by atoms with Gasteiger partial charge in [-0.05, 0) is 64.2 Å². The fourth-order valence-electron chi connectivity index (χ4n) is 2.27. The maximum absolute atomic E-state index is 12.2. The van der Waals surface area contributed by atoms with Gasteiger partial charge in [0, 0.05) is 12.1 Å². The number of phenolic OH excluding ortho intramolecular Hbond substituents is 1. The number of hydrogen-bond acceptors (Lipinski definition) is 7. The third-order valence-corrected chi connectivity index (χ3v) is 5.62. The fraction of sp³-hybridized carbons (Fsp3) is 0.0588. The Bertz CT molecular complexity index is 1060. The third-order valence-electron chi connectivity index (χ3n) is 3.58. The zero-order chi connectivity index (χ0) is 20.4. The summed E-state index contributed by atoms with van der Waals surface area (Å²) in [6.07, 6.45) is 1.64. The SMILES string of the molecule is COc1cc(/C=C2/SC(=Nc3ccc([N+](=O)[O-])cc3Cl)NC2=O)cc(I)c1O. The highest BCUT2D eigenvalue weighted by molar-refractivity contribution is 14.1. The molecule has 144 valence electrons. The summed E-state index contributed by atoms with van der Waals surface area (Å²) in [6.45, 7) is 0. The number of amides is 1. The molecule has 28 heavy (non-hydrogen) atoms. The molecule has 1 amide bonds. The van der Waals surface area contributed by atoms with Gasteiger partial charge in [0.2, 0.25) is 0 Å². The van der Waals surface area contributed by atoms with Crippen LogP contribution in [-0.4, -0.2) is 28.2 Å². The lowest BCUT2D eigenvalue weighted by molar-refractivity contribution is -0.384. The molecule has 1 heterocycles. The van der Waals surface area contributed by atoms with Crippen LogP contribution in [0.1, 0.15) is 5.56 Å². The van der Waals surface area contributed by atoms with Gasteiger partial charge in [0.1, 0.15) is 0 Å². The largest absolute Gasteiger partial charge is 0.504 e. The van der Waals surface area contributed by atoms with Crippen molar-refractivity contribution in [1.82, 2.24) is 5.32 Å². The van der Waals surface area contributed by atoms with Crippen LogP contribution < -0.4 is 10.1 Å². The molecule has 0 aliphatic carbocycles. The van der Waals surface area contributed by atoms with Crippen molar-refractivity contribution < 1.29 is 19.6 Å². The van der Waals surface area contributed by atoms with E-state index < -0.39 is 4.92 Å². The number of aliphatic imine (C=N–C) groups is 1. The molecule has 0 bridgehead atoms. The Labute approximate surface area is 181 Å². The summed E-state index contributed by atoms with van der Waals surface area (Å²) in [5, 5.41) is 23.7. The first-order valence-corrected chi connectivity index (χ1v) is 9.86. The Morgan fingerprint density at radius 3 is 2.79 bits per heavy atom. The molecular weight excluding hydrogens is 521 g/mol. The first kappa shape index (κ1) is 20.4. The quantitative estimate of drug-likeness (QED) is 0.261. The van der Waals surface area contributed by atoms with Gasteiger partial charge >= 0.3 is 0 Å². The average Bonchev–Trinajstić information content (AvgIpc) is 2.98. The summed E-state index contributed by atoms with van der Waals surface area (Å²) >= 11 is 9.10. The number of nitrogens with zero attached hydrogens (tertiary/aromatic N) is 2. The number of carbonyl (C=O) groups is 1. The monoisotopic (exact) mass is 531 g/mol. The van der Waals surface area contributed by atoms with Crippen molar-refractivity contribution in [3.63, 3.8) is 0 Å². The lowest BCUT2D eigenvalue weighted by Crippen LogP contribution is -2.19. The number of amidine groups is 1. The summed E-state index contributed by atoms with van der Waals surface area (Å²) in [5.74, 6) is -0.0126. The lowest BCUT2D eigenvalue weighted by Gasteiger charge is -2.06. The van der Waals surface area contributed by atoms with Crippen molar-refractivity contribution in [1.29, 1.82) is 0 Å². The normalized spacial score (nSPS) is 16.5. The van der Waals surface area contributed by atoms with Crippen molar-refractivity contribution in [3.8, 4) is 11.5 Å². The van der Waals surface area contributed by atoms with Crippen molar-refractivity contribution in [3.05, 3.63) is 59.5 Å². The predicted octanol–water partition coefficient (Wildman–Crippen LogP) is 4.46. The number of hydrogen-bond donors (Lipinski definition) is 2. The molecule has 0 radical (unpaired) electrons. The number of nitro benzene ring substituents is 1. The maximum atomic E-state index is 12.2. The Kier molecular flexibility index (Phi) is 6.10. The molecule has 1 saturated heterocycles. The molecule has 3 rings (SSSR count). The van der Waals surface area contributed by atoms with Gasteiger partial charge in [-0.15, -0.1) is 0 Å². The average molecular weight is 532 g/mol. The van der Waals surface area contributed by atoms with Gasteiger partial charge in [0.25, 0.3) is 11.6 Å². The van der Waals surface area contributed by atoms with Gasteiger partial charge in [0.15, 0.2) is 16.7 Å². The third kappa shape index (κ3) is 4.39. The van der Waals surface area contributed by atoms with Crippen LogP contribution in [0.15, 0.2) is 40.2 Å². The molecular formula is C17H11ClIN3O5S. The number of nitro groups is 1. The summed E-state index contributed by atoms with van der Waals surface area (Å²) in [7, 11) is 1.44. The number of phenols is 1. The minimum absolute atomic E-state index is 0.0313. The van der Waals surface area contributed by atoms with Crippen LogP contribution in [0.4, 0.5) is 11.4 Å². The van der Waals surface area contributed by atoms with E-state index in [0.717, 1.165) is 11.8 Å². The molecule has 11 heteroatoms. The van der Waals surface area contributed by atoms with Gasteiger partial charge in [-0.1, -0.05) is 11.6 Å². The van der Waals surface area contributed by atoms with Gasteiger partial charge in [0.05, 0.1) is 31.2 Å². The number of methoxy groups -OCH3 is 1. The fourth-order valence-corrected chi connectivity index (χ4v) is 3.95. The Balaban J connectivity index is 1.88. The maximum Gasteiger partial charge on any atom is 0.271 e. The number of ether oxygens (including phenoxy) is 1. The molecule has 1 fully saturated rings. The van der Waals surface area contributed by atoms with Crippen LogP contribution >= 0.6 is 46.0 Å². The van der Waals surface area contributed by atoms with Crippen LogP contribution in [0.5, 0.6) is 11.5 Å². The second-order valence-electron chi connectivity index (χ2n) is 5.43. The van der Waals surface area contributed by atoms with Gasteiger partial charge in [-0.3, -0.25) is 14.9 Å². The van der Waals surface area contributed by atoms with Gasteiger partial charge in [-0.2, -0.15) is 0 Å². The predicted molar refractivity (Wildman–Crippen MR) is 116 cm³/mol. The van der Waals surface area contributed by atoms with E-state index in [2.05, 4.69) is 10.3 Å². The van der Waals surface area contributed by atoms with E-state index in [9.17, 15) is 20.0 Å². The molecule has 2 aromatic rings. The van der Waals surface area contributed by atoms with Gasteiger partial charge < -0.3 is 15.2 Å². The van der Waals surface area contributed by atoms with Gasteiger partial charge in [-0.25, -0.2) is 4.99 Å². The molecule has 0 spiro atoms. The zero-order valence-electron chi connectivity index (χ0n) is 14.1. The summed E-state index contributed by atoms with van der Waals surface area (Å²) in [6, 6.07) is 7.22. The Morgan fingerprint density at radius 2 is 2.14 bits per heavy atom. The number of benzene rings is 2. The molecule has 0 saturated carbocycles. The van der Waals surface area contributed by atoms with Crippen molar-refractivity contribution in [2.24, 2.45) is 4.99 Å². The Morgan fingerprint density at radius 1 is 1.39 bits per heavy atom. The number of carbonyl (C=O) groups excluding carboxylic acids is 1. The summed E-state index contributed by atoms with van der Waals surface area (Å²) < 4.78 is 5.70. The molecule has 2 N–H and O–H groups in total. The molecule has 1 aliphatic heterocycles.